The minimum Gasteiger partial charge on any atom is -0.465 e. The van der Waals surface area contributed by atoms with Gasteiger partial charge in [0.15, 0.2) is 5.13 Å². The van der Waals surface area contributed by atoms with Gasteiger partial charge < -0.3 is 10.5 Å². The van der Waals surface area contributed by atoms with Crippen molar-refractivity contribution in [2.75, 3.05) is 12.3 Å². The molecule has 0 bridgehead atoms. The predicted octanol–water partition coefficient (Wildman–Crippen LogP) is 1.32. The summed E-state index contributed by atoms with van der Waals surface area (Å²) in [5.74, 6) is -0.269. The number of aromatic nitrogens is 1. The fourth-order valence-electron chi connectivity index (χ4n) is 1.71. The molecule has 0 saturated carbocycles. The zero-order valence-corrected chi connectivity index (χ0v) is 8.76. The van der Waals surface area contributed by atoms with Crippen LogP contribution in [-0.2, 0) is 16.0 Å². The summed E-state index contributed by atoms with van der Waals surface area (Å²) < 4.78 is 4.99. The Labute approximate surface area is 86.1 Å². The molecule has 1 atom stereocenters. The Hall–Kier alpha value is -1.10. The van der Waals surface area contributed by atoms with Crippen molar-refractivity contribution in [1.29, 1.82) is 0 Å². The van der Waals surface area contributed by atoms with Gasteiger partial charge in [0.25, 0.3) is 0 Å². The normalized spacial score (nSPS) is 19.4. The van der Waals surface area contributed by atoms with Crippen LogP contribution >= 0.6 is 11.3 Å². The highest BCUT2D eigenvalue weighted by Crippen LogP contribution is 2.38. The molecule has 0 radical (unpaired) electrons. The second-order valence-corrected chi connectivity index (χ2v) is 4.27. The van der Waals surface area contributed by atoms with Gasteiger partial charge in [-0.2, -0.15) is 0 Å². The third-order valence-corrected chi connectivity index (χ3v) is 3.34. The van der Waals surface area contributed by atoms with Gasteiger partial charge in [-0.25, -0.2) is 4.98 Å². The third kappa shape index (κ3) is 1.48. The van der Waals surface area contributed by atoms with Gasteiger partial charge >= 0.3 is 5.97 Å². The largest absolute Gasteiger partial charge is 0.465 e. The van der Waals surface area contributed by atoms with E-state index in [1.165, 1.54) is 11.3 Å². The van der Waals surface area contributed by atoms with Gasteiger partial charge in [-0.05, 0) is 19.8 Å². The molecular formula is C9H12N2O2S. The van der Waals surface area contributed by atoms with Crippen molar-refractivity contribution in [3.63, 3.8) is 0 Å². The number of carbonyl (C=O) groups excluding carboxylic acids is 1. The lowest BCUT2D eigenvalue weighted by Crippen LogP contribution is -2.12. The number of hydrogen-bond donors (Lipinski definition) is 1. The van der Waals surface area contributed by atoms with Crippen molar-refractivity contribution < 1.29 is 9.53 Å². The molecule has 0 aromatic carbocycles. The zero-order chi connectivity index (χ0) is 10.1. The molecule has 2 N–H and O–H groups in total. The Bertz CT molecular complexity index is 362. The van der Waals surface area contributed by atoms with Crippen LogP contribution in [0.5, 0.6) is 0 Å². The Morgan fingerprint density at radius 1 is 1.79 bits per heavy atom. The van der Waals surface area contributed by atoms with E-state index >= 15 is 0 Å². The number of esters is 1. The molecule has 76 valence electrons. The molecule has 1 aromatic rings. The fourth-order valence-corrected chi connectivity index (χ4v) is 2.72. The first kappa shape index (κ1) is 9.45. The van der Waals surface area contributed by atoms with Gasteiger partial charge in [0, 0.05) is 4.88 Å². The van der Waals surface area contributed by atoms with E-state index in [0.717, 1.165) is 23.4 Å². The minimum atomic E-state index is -0.144. The van der Waals surface area contributed by atoms with Crippen molar-refractivity contribution in [3.8, 4) is 0 Å². The van der Waals surface area contributed by atoms with E-state index in [4.69, 9.17) is 10.5 Å². The summed E-state index contributed by atoms with van der Waals surface area (Å²) in [7, 11) is 0. The molecule has 2 rings (SSSR count). The van der Waals surface area contributed by atoms with Crippen LogP contribution in [0.4, 0.5) is 5.13 Å². The lowest BCUT2D eigenvalue weighted by atomic mass is 10.1. The van der Waals surface area contributed by atoms with Crippen LogP contribution in [0, 0.1) is 0 Å². The zero-order valence-electron chi connectivity index (χ0n) is 7.95. The molecule has 1 aliphatic carbocycles. The van der Waals surface area contributed by atoms with Crippen LogP contribution in [0.2, 0.25) is 0 Å². The number of nitrogens with zero attached hydrogens (tertiary/aromatic N) is 1. The lowest BCUT2D eigenvalue weighted by Gasteiger charge is -2.07. The molecule has 0 aliphatic heterocycles. The number of aryl methyl sites for hydroxylation is 1. The maximum Gasteiger partial charge on any atom is 0.314 e. The molecule has 0 fully saturated rings. The number of anilines is 1. The van der Waals surface area contributed by atoms with Crippen LogP contribution in [0.25, 0.3) is 0 Å². The van der Waals surface area contributed by atoms with Crippen molar-refractivity contribution in [2.45, 2.75) is 25.7 Å². The number of carbonyl (C=O) groups is 1. The molecular weight excluding hydrogens is 200 g/mol. The summed E-state index contributed by atoms with van der Waals surface area (Å²) in [6.07, 6.45) is 1.65. The average molecular weight is 212 g/mol. The van der Waals surface area contributed by atoms with Gasteiger partial charge in [-0.1, -0.05) is 0 Å². The van der Waals surface area contributed by atoms with Crippen molar-refractivity contribution in [2.24, 2.45) is 0 Å². The summed E-state index contributed by atoms with van der Waals surface area (Å²) in [6.45, 7) is 2.24. The van der Waals surface area contributed by atoms with E-state index in [2.05, 4.69) is 4.98 Å². The summed E-state index contributed by atoms with van der Waals surface area (Å²) in [5, 5.41) is 0.545. The van der Waals surface area contributed by atoms with Crippen LogP contribution in [0.15, 0.2) is 0 Å². The Kier molecular flexibility index (Phi) is 2.41. The fraction of sp³-hybridized carbons (Fsp3) is 0.556. The van der Waals surface area contributed by atoms with Gasteiger partial charge in [-0.3, -0.25) is 4.79 Å². The molecule has 1 heterocycles. The number of nitrogen functional groups attached to an aromatic ring is 1. The maximum atomic E-state index is 11.5. The molecule has 0 saturated heterocycles. The number of hydrogen-bond acceptors (Lipinski definition) is 5. The first-order valence-corrected chi connectivity index (χ1v) is 5.45. The van der Waals surface area contributed by atoms with E-state index < -0.39 is 0 Å². The second kappa shape index (κ2) is 3.57. The van der Waals surface area contributed by atoms with E-state index in [1.807, 2.05) is 6.92 Å². The van der Waals surface area contributed by atoms with Crippen molar-refractivity contribution in [3.05, 3.63) is 10.6 Å². The van der Waals surface area contributed by atoms with Crippen molar-refractivity contribution in [1.82, 2.24) is 4.98 Å². The molecule has 0 spiro atoms. The first-order chi connectivity index (χ1) is 6.72. The van der Waals surface area contributed by atoms with Crippen LogP contribution in [0.1, 0.15) is 29.8 Å². The number of ether oxygens (including phenoxy) is 1. The van der Waals surface area contributed by atoms with Gasteiger partial charge in [-0.15, -0.1) is 11.3 Å². The maximum absolute atomic E-state index is 11.5. The molecule has 5 heteroatoms. The van der Waals surface area contributed by atoms with Gasteiger partial charge in [0.05, 0.1) is 18.2 Å². The van der Waals surface area contributed by atoms with Crippen LogP contribution in [0.3, 0.4) is 0 Å². The van der Waals surface area contributed by atoms with E-state index in [1.54, 1.807) is 0 Å². The van der Waals surface area contributed by atoms with Crippen molar-refractivity contribution >= 4 is 22.4 Å². The van der Waals surface area contributed by atoms with Gasteiger partial charge in [0.1, 0.15) is 0 Å². The SMILES string of the molecule is CCOC(=O)C1CCc2nc(N)sc21. The van der Waals surface area contributed by atoms with E-state index in [9.17, 15) is 4.79 Å². The molecule has 4 nitrogen and oxygen atoms in total. The van der Waals surface area contributed by atoms with E-state index in [-0.39, 0.29) is 11.9 Å². The standard InChI is InChI=1S/C9H12N2O2S/c1-2-13-8(12)5-3-4-6-7(5)14-9(10)11-6/h5H,2-4H2,1H3,(H2,10,11). The highest BCUT2D eigenvalue weighted by molar-refractivity contribution is 7.15. The lowest BCUT2D eigenvalue weighted by molar-refractivity contribution is -0.144. The topological polar surface area (TPSA) is 65.2 Å². The average Bonchev–Trinajstić information content (AvgIpc) is 2.62. The first-order valence-electron chi connectivity index (χ1n) is 4.64. The summed E-state index contributed by atoms with van der Waals surface area (Å²) in [4.78, 5) is 16.7. The Morgan fingerprint density at radius 3 is 3.29 bits per heavy atom. The highest BCUT2D eigenvalue weighted by Gasteiger charge is 2.32. The number of rotatable bonds is 2. The number of nitrogens with two attached hydrogens (primary N) is 1. The quantitative estimate of drug-likeness (QED) is 0.751. The summed E-state index contributed by atoms with van der Waals surface area (Å²) in [5.41, 5.74) is 6.56. The molecule has 1 aromatic heterocycles. The van der Waals surface area contributed by atoms with Gasteiger partial charge in [0.2, 0.25) is 0 Å². The third-order valence-electron chi connectivity index (χ3n) is 2.30. The number of thiazole rings is 1. The second-order valence-electron chi connectivity index (χ2n) is 3.21. The summed E-state index contributed by atoms with van der Waals surface area (Å²) >= 11 is 1.40. The monoisotopic (exact) mass is 212 g/mol. The number of fused-ring (bicyclic) bond motifs is 1. The summed E-state index contributed by atoms with van der Waals surface area (Å²) in [6, 6.07) is 0. The van der Waals surface area contributed by atoms with Crippen LogP contribution in [-0.4, -0.2) is 17.6 Å². The molecule has 0 amide bonds. The highest BCUT2D eigenvalue weighted by atomic mass is 32.1. The smallest absolute Gasteiger partial charge is 0.314 e. The molecule has 1 aliphatic rings. The Balaban J connectivity index is 2.20. The van der Waals surface area contributed by atoms with Crippen LogP contribution < -0.4 is 5.73 Å². The molecule has 1 unspecified atom stereocenters. The molecule has 14 heavy (non-hydrogen) atoms. The predicted molar refractivity (Wildman–Crippen MR) is 54.2 cm³/mol. The van der Waals surface area contributed by atoms with E-state index in [0.29, 0.717) is 11.7 Å². The Morgan fingerprint density at radius 2 is 2.57 bits per heavy atom. The minimum absolute atomic E-state index is 0.125.